The molecule has 0 bridgehead atoms. The Morgan fingerprint density at radius 3 is 2.71 bits per heavy atom. The highest BCUT2D eigenvalue weighted by Crippen LogP contribution is 2.38. The molecule has 0 N–H and O–H groups in total. The molecule has 3 fully saturated rings. The summed E-state index contributed by atoms with van der Waals surface area (Å²) in [7, 11) is 0. The topological polar surface area (TPSA) is 6.48 Å². The molecule has 3 saturated heterocycles. The van der Waals surface area contributed by atoms with E-state index in [1.165, 1.54) is 70.9 Å². The molecular weight excluding hydrogens is 208 g/mol. The van der Waals surface area contributed by atoms with Gasteiger partial charge >= 0.3 is 0 Å². The van der Waals surface area contributed by atoms with Crippen molar-refractivity contribution in [2.24, 2.45) is 0 Å². The normalized spacial score (nSPS) is 38.3. The van der Waals surface area contributed by atoms with Crippen molar-refractivity contribution in [3.8, 4) is 0 Å². The Morgan fingerprint density at radius 2 is 1.82 bits per heavy atom. The molecule has 0 radical (unpaired) electrons. The minimum Gasteiger partial charge on any atom is -0.285 e. The number of unbranched alkanes of at least 4 members (excludes halogenated alkanes) is 2. The van der Waals surface area contributed by atoms with Crippen molar-refractivity contribution < 1.29 is 0 Å². The summed E-state index contributed by atoms with van der Waals surface area (Å²) < 4.78 is 0. The van der Waals surface area contributed by atoms with Crippen molar-refractivity contribution in [2.45, 2.75) is 83.0 Å². The molecule has 3 aliphatic rings. The van der Waals surface area contributed by atoms with E-state index < -0.39 is 0 Å². The summed E-state index contributed by atoms with van der Waals surface area (Å²) in [6.07, 6.45) is 13.9. The van der Waals surface area contributed by atoms with Crippen LogP contribution in [0.25, 0.3) is 0 Å². The summed E-state index contributed by atoms with van der Waals surface area (Å²) in [5.74, 6) is 0. The molecule has 2 nitrogen and oxygen atoms in total. The van der Waals surface area contributed by atoms with E-state index in [4.69, 9.17) is 0 Å². The lowest BCUT2D eigenvalue weighted by atomic mass is 9.95. The second-order valence-corrected chi connectivity index (χ2v) is 6.28. The average Bonchev–Trinajstić information content (AvgIpc) is 2.96. The summed E-state index contributed by atoms with van der Waals surface area (Å²) >= 11 is 0. The Bertz CT molecular complexity index is 253. The fraction of sp³-hybridized carbons (Fsp3) is 1.00. The first-order valence-electron chi connectivity index (χ1n) is 7.91. The Hall–Kier alpha value is -0.0800. The largest absolute Gasteiger partial charge is 0.285 e. The molecule has 0 saturated carbocycles. The van der Waals surface area contributed by atoms with E-state index in [0.29, 0.717) is 0 Å². The van der Waals surface area contributed by atoms with Crippen LogP contribution in [-0.2, 0) is 0 Å². The number of nitrogens with zero attached hydrogens (tertiary/aromatic N) is 2. The van der Waals surface area contributed by atoms with Gasteiger partial charge in [-0.1, -0.05) is 26.2 Å². The van der Waals surface area contributed by atoms with Crippen LogP contribution in [0.4, 0.5) is 0 Å². The van der Waals surface area contributed by atoms with Crippen molar-refractivity contribution in [1.82, 2.24) is 9.80 Å². The summed E-state index contributed by atoms with van der Waals surface area (Å²) in [5, 5.41) is 0. The minimum absolute atomic E-state index is 0.836. The Balaban J connectivity index is 1.63. The Morgan fingerprint density at radius 1 is 1.00 bits per heavy atom. The van der Waals surface area contributed by atoms with E-state index in [1.807, 2.05) is 0 Å². The second kappa shape index (κ2) is 5.27. The predicted molar refractivity (Wildman–Crippen MR) is 72.0 cm³/mol. The SMILES string of the molecule is CCCCC[C@H]1CC2CCCN2C2CCCN21. The third-order valence-electron chi connectivity index (χ3n) is 5.22. The Kier molecular flexibility index (Phi) is 3.72. The Labute approximate surface area is 106 Å². The highest BCUT2D eigenvalue weighted by atomic mass is 15.4. The van der Waals surface area contributed by atoms with Crippen molar-refractivity contribution in [3.63, 3.8) is 0 Å². The van der Waals surface area contributed by atoms with Crippen LogP contribution >= 0.6 is 0 Å². The van der Waals surface area contributed by atoms with Crippen molar-refractivity contribution in [3.05, 3.63) is 0 Å². The van der Waals surface area contributed by atoms with Crippen LogP contribution in [0.15, 0.2) is 0 Å². The number of hydrogen-bond donors (Lipinski definition) is 0. The minimum atomic E-state index is 0.836. The zero-order valence-corrected chi connectivity index (χ0v) is 11.4. The predicted octanol–water partition coefficient (Wildman–Crippen LogP) is 3.23. The van der Waals surface area contributed by atoms with Crippen LogP contribution in [0.5, 0.6) is 0 Å². The fourth-order valence-corrected chi connectivity index (χ4v) is 4.42. The van der Waals surface area contributed by atoms with E-state index in [9.17, 15) is 0 Å². The molecule has 0 aromatic carbocycles. The van der Waals surface area contributed by atoms with Gasteiger partial charge in [0.05, 0.1) is 6.17 Å². The second-order valence-electron chi connectivity index (χ2n) is 6.28. The van der Waals surface area contributed by atoms with Gasteiger partial charge in [0, 0.05) is 18.6 Å². The maximum atomic E-state index is 2.86. The van der Waals surface area contributed by atoms with Gasteiger partial charge in [0.15, 0.2) is 0 Å². The van der Waals surface area contributed by atoms with E-state index in [0.717, 1.165) is 18.2 Å². The third-order valence-corrected chi connectivity index (χ3v) is 5.22. The van der Waals surface area contributed by atoms with Crippen LogP contribution < -0.4 is 0 Å². The molecule has 2 heteroatoms. The standard InChI is InChI=1S/C15H28N2/c1-2-3-4-7-13-12-14-8-5-10-16(14)15-9-6-11-17(13)15/h13-15H,2-12H2,1H3/t13-,14?,15?/m0/s1. The lowest BCUT2D eigenvalue weighted by Crippen LogP contribution is -2.57. The zero-order chi connectivity index (χ0) is 11.7. The van der Waals surface area contributed by atoms with Crippen molar-refractivity contribution in [2.75, 3.05) is 13.1 Å². The highest BCUT2D eigenvalue weighted by Gasteiger charge is 2.44. The van der Waals surface area contributed by atoms with Gasteiger partial charge in [0.2, 0.25) is 0 Å². The molecule has 0 aromatic rings. The third kappa shape index (κ3) is 2.26. The molecule has 0 spiro atoms. The molecule has 3 atom stereocenters. The van der Waals surface area contributed by atoms with E-state index in [1.54, 1.807) is 0 Å². The number of hydrogen-bond acceptors (Lipinski definition) is 2. The van der Waals surface area contributed by atoms with Crippen LogP contribution in [0.2, 0.25) is 0 Å². The van der Waals surface area contributed by atoms with E-state index in [-0.39, 0.29) is 0 Å². The zero-order valence-electron chi connectivity index (χ0n) is 11.4. The molecule has 3 aliphatic heterocycles. The van der Waals surface area contributed by atoms with Crippen molar-refractivity contribution in [1.29, 1.82) is 0 Å². The molecule has 3 rings (SSSR count). The summed E-state index contributed by atoms with van der Waals surface area (Å²) in [4.78, 5) is 5.70. The van der Waals surface area contributed by atoms with Gasteiger partial charge in [-0.15, -0.1) is 0 Å². The summed E-state index contributed by atoms with van der Waals surface area (Å²) in [6, 6.07) is 1.87. The molecule has 17 heavy (non-hydrogen) atoms. The highest BCUT2D eigenvalue weighted by molar-refractivity contribution is 4.97. The number of rotatable bonds is 4. The molecular formula is C15H28N2. The fourth-order valence-electron chi connectivity index (χ4n) is 4.42. The maximum absolute atomic E-state index is 2.86. The first-order chi connectivity index (χ1) is 8.40. The van der Waals surface area contributed by atoms with E-state index >= 15 is 0 Å². The van der Waals surface area contributed by atoms with Crippen LogP contribution in [0.1, 0.15) is 64.7 Å². The van der Waals surface area contributed by atoms with Crippen molar-refractivity contribution >= 4 is 0 Å². The summed E-state index contributed by atoms with van der Waals surface area (Å²) in [6.45, 7) is 5.08. The van der Waals surface area contributed by atoms with Gasteiger partial charge in [-0.25, -0.2) is 0 Å². The molecule has 0 aromatic heterocycles. The van der Waals surface area contributed by atoms with Crippen LogP contribution in [0.3, 0.4) is 0 Å². The van der Waals surface area contributed by atoms with Gasteiger partial charge in [0.25, 0.3) is 0 Å². The monoisotopic (exact) mass is 236 g/mol. The number of fused-ring (bicyclic) bond motifs is 3. The quantitative estimate of drug-likeness (QED) is 0.692. The first-order valence-corrected chi connectivity index (χ1v) is 7.91. The summed E-state index contributed by atoms with van der Waals surface area (Å²) in [5.41, 5.74) is 0. The molecule has 0 amide bonds. The molecule has 0 aliphatic carbocycles. The molecule has 3 heterocycles. The van der Waals surface area contributed by atoms with Gasteiger partial charge in [-0.3, -0.25) is 9.80 Å². The molecule has 98 valence electrons. The average molecular weight is 236 g/mol. The first kappa shape index (κ1) is 12.0. The van der Waals surface area contributed by atoms with Gasteiger partial charge < -0.3 is 0 Å². The van der Waals surface area contributed by atoms with Crippen LogP contribution in [0, 0.1) is 0 Å². The van der Waals surface area contributed by atoms with Gasteiger partial charge in [0.1, 0.15) is 0 Å². The van der Waals surface area contributed by atoms with Gasteiger partial charge in [-0.05, 0) is 45.1 Å². The maximum Gasteiger partial charge on any atom is 0.0627 e. The lowest BCUT2D eigenvalue weighted by molar-refractivity contribution is -0.0256. The lowest BCUT2D eigenvalue weighted by Gasteiger charge is -2.47. The van der Waals surface area contributed by atoms with E-state index in [2.05, 4.69) is 16.7 Å². The van der Waals surface area contributed by atoms with Gasteiger partial charge in [-0.2, -0.15) is 0 Å². The molecule has 2 unspecified atom stereocenters. The van der Waals surface area contributed by atoms with Crippen LogP contribution in [-0.4, -0.2) is 41.1 Å². The smallest absolute Gasteiger partial charge is 0.0627 e.